The number of rotatable bonds is 7. The summed E-state index contributed by atoms with van der Waals surface area (Å²) in [7, 11) is 0. The minimum atomic E-state index is -0.966. The maximum absolute atomic E-state index is 12.2. The first-order valence-corrected chi connectivity index (χ1v) is 7.22. The monoisotopic (exact) mass is 314 g/mol. The summed E-state index contributed by atoms with van der Waals surface area (Å²) < 4.78 is 5.26. The number of benzene rings is 1. The lowest BCUT2D eigenvalue weighted by Crippen LogP contribution is -2.33. The molecule has 0 aliphatic carbocycles. The normalized spacial score (nSPS) is 10.1. The second-order valence-corrected chi connectivity index (χ2v) is 4.93. The second kappa shape index (κ2) is 8.53. The van der Waals surface area contributed by atoms with Crippen molar-refractivity contribution in [2.75, 3.05) is 6.54 Å². The molecule has 1 N–H and O–H groups in total. The molecule has 0 fully saturated rings. The lowest BCUT2D eigenvalue weighted by Gasteiger charge is -2.21. The summed E-state index contributed by atoms with van der Waals surface area (Å²) in [4.78, 5) is 28.5. The Morgan fingerprint density at radius 2 is 1.83 bits per heavy atom. The number of carboxylic acid groups (broad SMARTS) is 1. The predicted octanol–water partition coefficient (Wildman–Crippen LogP) is 2.70. The topological polar surface area (TPSA) is 79.7 Å². The number of nitrogens with zero attached hydrogens (tertiary/aromatic N) is 2. The zero-order valence-corrected chi connectivity index (χ0v) is 12.6. The van der Waals surface area contributed by atoms with E-state index in [9.17, 15) is 9.59 Å². The van der Waals surface area contributed by atoms with Crippen LogP contribution in [-0.2, 0) is 22.7 Å². The third-order valence-corrected chi connectivity index (χ3v) is 3.14. The Bertz CT molecular complexity index is 632. The molecule has 2 rings (SSSR count). The zero-order valence-electron chi connectivity index (χ0n) is 12.6. The van der Waals surface area contributed by atoms with E-state index in [1.807, 2.05) is 36.4 Å². The number of aliphatic carboxylic acids is 1. The number of aromatic nitrogens is 1. The Labute approximate surface area is 134 Å². The van der Waals surface area contributed by atoms with Crippen molar-refractivity contribution in [1.29, 1.82) is 0 Å². The van der Waals surface area contributed by atoms with Gasteiger partial charge in [-0.05, 0) is 17.7 Å². The minimum Gasteiger partial charge on any atom is -0.481 e. The number of amides is 1. The van der Waals surface area contributed by atoms with Crippen LogP contribution < -0.4 is 0 Å². The Balaban J connectivity index is 1.97. The third kappa shape index (κ3) is 5.78. The van der Waals surface area contributed by atoms with Crippen LogP contribution in [0.15, 0.2) is 54.7 Å². The average molecular weight is 314 g/mol. The summed E-state index contributed by atoms with van der Waals surface area (Å²) in [6.07, 6.45) is 0.925. The molecule has 0 unspecified atom stereocenters. The molecule has 0 radical (unpaired) electrons. The molecule has 6 heteroatoms. The highest BCUT2D eigenvalue weighted by Gasteiger charge is 2.17. The van der Waals surface area contributed by atoms with Gasteiger partial charge in [-0.2, -0.15) is 0 Å². The molecule has 0 atom stereocenters. The van der Waals surface area contributed by atoms with Crippen LogP contribution in [0.2, 0.25) is 0 Å². The summed E-state index contributed by atoms with van der Waals surface area (Å²) in [6.45, 7) is 0.423. The summed E-state index contributed by atoms with van der Waals surface area (Å²) in [5.74, 6) is -0.966. The molecule has 6 nitrogen and oxygen atoms in total. The van der Waals surface area contributed by atoms with Gasteiger partial charge < -0.3 is 14.7 Å². The van der Waals surface area contributed by atoms with Crippen LogP contribution in [0.4, 0.5) is 4.79 Å². The average Bonchev–Trinajstić information content (AvgIpc) is 2.58. The first-order valence-electron chi connectivity index (χ1n) is 7.22. The number of pyridine rings is 1. The number of carboxylic acids is 1. The van der Waals surface area contributed by atoms with Crippen molar-refractivity contribution in [2.24, 2.45) is 0 Å². The largest absolute Gasteiger partial charge is 0.481 e. The number of hydrogen-bond acceptors (Lipinski definition) is 4. The molecule has 0 aliphatic rings. The van der Waals surface area contributed by atoms with E-state index in [-0.39, 0.29) is 26.1 Å². The fraction of sp³-hybridized carbons (Fsp3) is 0.235. The molecule has 0 bridgehead atoms. The van der Waals surface area contributed by atoms with Crippen molar-refractivity contribution >= 4 is 12.1 Å². The summed E-state index contributed by atoms with van der Waals surface area (Å²) in [5.41, 5.74) is 1.55. The molecular formula is C17H18N2O4. The highest BCUT2D eigenvalue weighted by Crippen LogP contribution is 2.07. The first-order chi connectivity index (χ1) is 11.1. The molecule has 0 aliphatic heterocycles. The summed E-state index contributed by atoms with van der Waals surface area (Å²) in [5, 5.41) is 8.82. The molecule has 1 amide bonds. The van der Waals surface area contributed by atoms with E-state index in [1.54, 1.807) is 18.3 Å². The fourth-order valence-electron chi connectivity index (χ4n) is 1.96. The minimum absolute atomic E-state index is 0.0690. The van der Waals surface area contributed by atoms with Gasteiger partial charge in [0.2, 0.25) is 0 Å². The van der Waals surface area contributed by atoms with Gasteiger partial charge in [-0.15, -0.1) is 0 Å². The molecule has 1 aromatic heterocycles. The summed E-state index contributed by atoms with van der Waals surface area (Å²) in [6, 6.07) is 14.7. The Morgan fingerprint density at radius 3 is 2.48 bits per heavy atom. The van der Waals surface area contributed by atoms with Gasteiger partial charge in [0.25, 0.3) is 0 Å². The lowest BCUT2D eigenvalue weighted by atomic mass is 10.2. The van der Waals surface area contributed by atoms with Crippen LogP contribution in [-0.4, -0.2) is 33.6 Å². The van der Waals surface area contributed by atoms with Gasteiger partial charge in [0.05, 0.1) is 18.7 Å². The second-order valence-electron chi connectivity index (χ2n) is 4.93. The zero-order chi connectivity index (χ0) is 16.5. The van der Waals surface area contributed by atoms with Gasteiger partial charge in [-0.1, -0.05) is 36.4 Å². The molecule has 0 saturated heterocycles. The van der Waals surface area contributed by atoms with E-state index >= 15 is 0 Å². The highest BCUT2D eigenvalue weighted by molar-refractivity contribution is 5.70. The predicted molar refractivity (Wildman–Crippen MR) is 83.5 cm³/mol. The first kappa shape index (κ1) is 16.5. The van der Waals surface area contributed by atoms with Crippen LogP contribution in [0.3, 0.4) is 0 Å². The number of ether oxygens (including phenoxy) is 1. The maximum atomic E-state index is 12.2. The van der Waals surface area contributed by atoms with Crippen molar-refractivity contribution < 1.29 is 19.4 Å². The van der Waals surface area contributed by atoms with Crippen molar-refractivity contribution in [2.45, 2.75) is 19.6 Å². The van der Waals surface area contributed by atoms with Crippen molar-refractivity contribution in [3.05, 3.63) is 66.0 Å². The van der Waals surface area contributed by atoms with E-state index in [0.29, 0.717) is 5.69 Å². The standard InChI is InChI=1S/C17H18N2O4/c20-16(21)9-11-19(12-15-8-4-5-10-18-15)17(22)23-13-14-6-2-1-3-7-14/h1-8,10H,9,11-13H2,(H,20,21). The van der Waals surface area contributed by atoms with Gasteiger partial charge in [-0.3, -0.25) is 9.78 Å². The van der Waals surface area contributed by atoms with Gasteiger partial charge in [0, 0.05) is 12.7 Å². The van der Waals surface area contributed by atoms with E-state index in [4.69, 9.17) is 9.84 Å². The van der Waals surface area contributed by atoms with Crippen LogP contribution in [0.25, 0.3) is 0 Å². The van der Waals surface area contributed by atoms with Crippen LogP contribution >= 0.6 is 0 Å². The van der Waals surface area contributed by atoms with Gasteiger partial charge in [0.15, 0.2) is 0 Å². The smallest absolute Gasteiger partial charge is 0.410 e. The lowest BCUT2D eigenvalue weighted by molar-refractivity contribution is -0.137. The maximum Gasteiger partial charge on any atom is 0.410 e. The number of carbonyl (C=O) groups is 2. The number of hydrogen-bond donors (Lipinski definition) is 1. The quantitative estimate of drug-likeness (QED) is 0.850. The van der Waals surface area contributed by atoms with Gasteiger partial charge in [-0.25, -0.2) is 4.79 Å². The van der Waals surface area contributed by atoms with Crippen LogP contribution in [0.1, 0.15) is 17.7 Å². The van der Waals surface area contributed by atoms with Crippen LogP contribution in [0.5, 0.6) is 0 Å². The molecule has 0 saturated carbocycles. The van der Waals surface area contributed by atoms with Crippen molar-refractivity contribution in [3.8, 4) is 0 Å². The highest BCUT2D eigenvalue weighted by atomic mass is 16.6. The summed E-state index contributed by atoms with van der Waals surface area (Å²) >= 11 is 0. The number of carbonyl (C=O) groups excluding carboxylic acids is 1. The Morgan fingerprint density at radius 1 is 1.09 bits per heavy atom. The van der Waals surface area contributed by atoms with Crippen molar-refractivity contribution in [1.82, 2.24) is 9.88 Å². The van der Waals surface area contributed by atoms with E-state index in [0.717, 1.165) is 5.56 Å². The third-order valence-electron chi connectivity index (χ3n) is 3.14. The fourth-order valence-corrected chi connectivity index (χ4v) is 1.96. The van der Waals surface area contributed by atoms with Crippen molar-refractivity contribution in [3.63, 3.8) is 0 Å². The molecule has 2 aromatic rings. The molecule has 0 spiro atoms. The SMILES string of the molecule is O=C(O)CCN(Cc1ccccn1)C(=O)OCc1ccccc1. The Hall–Kier alpha value is -2.89. The molecule has 1 heterocycles. The van der Waals surface area contributed by atoms with E-state index in [2.05, 4.69) is 4.98 Å². The van der Waals surface area contributed by atoms with Gasteiger partial charge in [0.1, 0.15) is 6.61 Å². The Kier molecular flexibility index (Phi) is 6.11. The molecule has 23 heavy (non-hydrogen) atoms. The van der Waals surface area contributed by atoms with Gasteiger partial charge >= 0.3 is 12.1 Å². The molecular weight excluding hydrogens is 296 g/mol. The van der Waals surface area contributed by atoms with E-state index in [1.165, 1.54) is 4.90 Å². The molecule has 120 valence electrons. The molecule has 1 aromatic carbocycles. The van der Waals surface area contributed by atoms with Crippen LogP contribution in [0, 0.1) is 0 Å². The van der Waals surface area contributed by atoms with E-state index < -0.39 is 12.1 Å².